The lowest BCUT2D eigenvalue weighted by Gasteiger charge is -2.30. The molecular formula is C26H36BrN3O5S. The van der Waals surface area contributed by atoms with Crippen LogP contribution >= 0.6 is 15.9 Å². The molecule has 2 rings (SSSR count). The first-order valence-electron chi connectivity index (χ1n) is 11.9. The number of carbonyl (C=O) groups is 2. The highest BCUT2D eigenvalue weighted by Crippen LogP contribution is 2.29. The van der Waals surface area contributed by atoms with E-state index >= 15 is 0 Å². The smallest absolute Gasteiger partial charge is 0.242 e. The first kappa shape index (κ1) is 29.6. The molecule has 0 bridgehead atoms. The number of amides is 2. The summed E-state index contributed by atoms with van der Waals surface area (Å²) in [4.78, 5) is 27.7. The lowest BCUT2D eigenvalue weighted by Crippen LogP contribution is -2.48. The average Bonchev–Trinajstić information content (AvgIpc) is 2.83. The van der Waals surface area contributed by atoms with Crippen LogP contribution in [0, 0.1) is 5.92 Å². The van der Waals surface area contributed by atoms with Crippen LogP contribution in [-0.2, 0) is 26.2 Å². The van der Waals surface area contributed by atoms with Crippen LogP contribution in [0.5, 0.6) is 5.75 Å². The summed E-state index contributed by atoms with van der Waals surface area (Å²) in [5.41, 5.74) is 1.31. The standard InChI is InChI=1S/C26H36BrN3O5S/c1-19(2)17-28-26(32)20(3)29(18-21-12-14-22(27)15-13-21)25(31)11-8-16-30(36(5,33)34)23-9-6-7-10-24(23)35-4/h6-7,9-10,12-15,19-20H,8,11,16-18H2,1-5H3,(H,28,32)/t20-/m1/s1. The predicted molar refractivity (Wildman–Crippen MR) is 146 cm³/mol. The number of halogens is 1. The number of ether oxygens (including phenoxy) is 1. The van der Waals surface area contributed by atoms with E-state index in [9.17, 15) is 18.0 Å². The monoisotopic (exact) mass is 581 g/mol. The van der Waals surface area contributed by atoms with E-state index in [0.29, 0.717) is 18.0 Å². The average molecular weight is 583 g/mol. The zero-order chi connectivity index (χ0) is 26.9. The maximum Gasteiger partial charge on any atom is 0.242 e. The lowest BCUT2D eigenvalue weighted by atomic mass is 10.1. The minimum atomic E-state index is -3.61. The van der Waals surface area contributed by atoms with Gasteiger partial charge in [0.15, 0.2) is 0 Å². The van der Waals surface area contributed by atoms with Gasteiger partial charge in [-0.1, -0.05) is 54.0 Å². The van der Waals surface area contributed by atoms with Crippen molar-refractivity contribution in [3.8, 4) is 5.75 Å². The normalized spacial score (nSPS) is 12.2. The lowest BCUT2D eigenvalue weighted by molar-refractivity contribution is -0.140. The summed E-state index contributed by atoms with van der Waals surface area (Å²) in [6, 6.07) is 13.7. The molecule has 2 aromatic rings. The van der Waals surface area contributed by atoms with Crippen molar-refractivity contribution in [2.24, 2.45) is 5.92 Å². The van der Waals surface area contributed by atoms with Crippen molar-refractivity contribution in [3.63, 3.8) is 0 Å². The second-order valence-electron chi connectivity index (χ2n) is 9.07. The maximum absolute atomic E-state index is 13.3. The Kier molecular flexibility index (Phi) is 11.2. The Balaban J connectivity index is 2.18. The first-order valence-corrected chi connectivity index (χ1v) is 14.5. The second kappa shape index (κ2) is 13.6. The van der Waals surface area contributed by atoms with Gasteiger partial charge in [0.1, 0.15) is 11.8 Å². The molecule has 1 N–H and O–H groups in total. The van der Waals surface area contributed by atoms with Gasteiger partial charge in [-0.2, -0.15) is 0 Å². The molecule has 8 nitrogen and oxygen atoms in total. The van der Waals surface area contributed by atoms with Crippen LogP contribution in [-0.4, -0.2) is 57.6 Å². The summed E-state index contributed by atoms with van der Waals surface area (Å²) in [5.74, 6) is 0.273. The van der Waals surface area contributed by atoms with Crippen LogP contribution in [0.2, 0.25) is 0 Å². The number of rotatable bonds is 13. The molecule has 0 aliphatic carbocycles. The van der Waals surface area contributed by atoms with Gasteiger partial charge in [-0.05, 0) is 49.1 Å². The third kappa shape index (κ3) is 8.81. The number of sulfonamides is 1. The molecule has 0 radical (unpaired) electrons. The van der Waals surface area contributed by atoms with Gasteiger partial charge in [0.05, 0.1) is 19.1 Å². The summed E-state index contributed by atoms with van der Waals surface area (Å²) in [6.07, 6.45) is 1.49. The maximum atomic E-state index is 13.3. The van der Waals surface area contributed by atoms with E-state index < -0.39 is 16.1 Å². The van der Waals surface area contributed by atoms with Crippen LogP contribution in [0.3, 0.4) is 0 Å². The topological polar surface area (TPSA) is 96.0 Å². The molecule has 0 heterocycles. The Hall–Kier alpha value is -2.59. The van der Waals surface area contributed by atoms with Crippen molar-refractivity contribution in [1.29, 1.82) is 0 Å². The van der Waals surface area contributed by atoms with Crippen LogP contribution in [0.4, 0.5) is 5.69 Å². The number of anilines is 1. The molecule has 2 aromatic carbocycles. The van der Waals surface area contributed by atoms with E-state index in [1.807, 2.05) is 38.1 Å². The summed E-state index contributed by atoms with van der Waals surface area (Å²) >= 11 is 3.41. The number of carbonyl (C=O) groups excluding carboxylic acids is 2. The highest BCUT2D eigenvalue weighted by atomic mass is 79.9. The zero-order valence-electron chi connectivity index (χ0n) is 21.5. The molecule has 0 saturated heterocycles. The van der Waals surface area contributed by atoms with E-state index in [4.69, 9.17) is 4.74 Å². The highest BCUT2D eigenvalue weighted by molar-refractivity contribution is 9.10. The van der Waals surface area contributed by atoms with Crippen molar-refractivity contribution < 1.29 is 22.7 Å². The van der Waals surface area contributed by atoms with Gasteiger partial charge < -0.3 is 15.0 Å². The number of nitrogens with one attached hydrogen (secondary N) is 1. The van der Waals surface area contributed by atoms with Crippen LogP contribution in [0.1, 0.15) is 39.2 Å². The molecule has 36 heavy (non-hydrogen) atoms. The Morgan fingerprint density at radius 2 is 1.69 bits per heavy atom. The Bertz CT molecular complexity index is 1120. The number of nitrogens with zero attached hydrogens (tertiary/aromatic N) is 2. The molecule has 0 aliphatic heterocycles. The van der Waals surface area contributed by atoms with Gasteiger partial charge in [0.25, 0.3) is 0 Å². The van der Waals surface area contributed by atoms with Gasteiger partial charge in [-0.3, -0.25) is 13.9 Å². The quantitative estimate of drug-likeness (QED) is 0.382. The van der Waals surface area contributed by atoms with E-state index in [1.165, 1.54) is 11.4 Å². The van der Waals surface area contributed by atoms with Crippen molar-refractivity contribution in [3.05, 3.63) is 58.6 Å². The summed E-state index contributed by atoms with van der Waals surface area (Å²) in [7, 11) is -2.13. The number of para-hydroxylation sites is 2. The van der Waals surface area contributed by atoms with Gasteiger partial charge in [-0.25, -0.2) is 8.42 Å². The molecular weight excluding hydrogens is 546 g/mol. The predicted octanol–water partition coefficient (Wildman–Crippen LogP) is 4.19. The van der Waals surface area contributed by atoms with E-state index in [0.717, 1.165) is 16.3 Å². The SMILES string of the molecule is COc1ccccc1N(CCCC(=O)N(Cc1ccc(Br)cc1)[C@H](C)C(=O)NCC(C)C)S(C)(=O)=O. The Morgan fingerprint density at radius 1 is 1.06 bits per heavy atom. The molecule has 0 spiro atoms. The van der Waals surface area contributed by atoms with Crippen molar-refractivity contribution in [2.45, 2.75) is 46.2 Å². The minimum absolute atomic E-state index is 0.0828. The molecule has 198 valence electrons. The molecule has 0 unspecified atom stereocenters. The summed E-state index contributed by atoms with van der Waals surface area (Å²) < 4.78 is 32.5. The molecule has 0 aromatic heterocycles. The van der Waals surface area contributed by atoms with Crippen molar-refractivity contribution >= 4 is 43.5 Å². The van der Waals surface area contributed by atoms with E-state index in [2.05, 4.69) is 21.2 Å². The first-order chi connectivity index (χ1) is 16.9. The minimum Gasteiger partial charge on any atom is -0.495 e. The summed E-state index contributed by atoms with van der Waals surface area (Å²) in [5, 5.41) is 2.90. The zero-order valence-corrected chi connectivity index (χ0v) is 23.9. The molecule has 0 saturated carbocycles. The third-order valence-electron chi connectivity index (χ3n) is 5.62. The molecule has 2 amide bonds. The molecule has 10 heteroatoms. The van der Waals surface area contributed by atoms with Gasteiger partial charge in [0.2, 0.25) is 21.8 Å². The molecule has 0 aliphatic rings. The number of methoxy groups -OCH3 is 1. The van der Waals surface area contributed by atoms with Crippen LogP contribution in [0.25, 0.3) is 0 Å². The van der Waals surface area contributed by atoms with Crippen molar-refractivity contribution in [2.75, 3.05) is 30.8 Å². The van der Waals surface area contributed by atoms with Crippen LogP contribution in [0.15, 0.2) is 53.0 Å². The second-order valence-corrected chi connectivity index (χ2v) is 11.9. The summed E-state index contributed by atoms with van der Waals surface area (Å²) in [6.45, 7) is 6.61. The van der Waals surface area contributed by atoms with Gasteiger partial charge in [0, 0.05) is 30.5 Å². The molecule has 0 fully saturated rings. The highest BCUT2D eigenvalue weighted by Gasteiger charge is 2.27. The van der Waals surface area contributed by atoms with E-state index in [1.54, 1.807) is 36.1 Å². The fraction of sp³-hybridized carbons (Fsp3) is 0.462. The fourth-order valence-corrected chi connectivity index (χ4v) is 4.87. The Labute approximate surface area is 223 Å². The number of hydrogen-bond acceptors (Lipinski definition) is 5. The van der Waals surface area contributed by atoms with E-state index in [-0.39, 0.29) is 43.7 Å². The van der Waals surface area contributed by atoms with Crippen LogP contribution < -0.4 is 14.4 Å². The Morgan fingerprint density at radius 3 is 2.28 bits per heavy atom. The fourth-order valence-electron chi connectivity index (χ4n) is 3.64. The van der Waals surface area contributed by atoms with Gasteiger partial charge >= 0.3 is 0 Å². The third-order valence-corrected chi connectivity index (χ3v) is 7.33. The van der Waals surface area contributed by atoms with Gasteiger partial charge in [-0.15, -0.1) is 0 Å². The number of hydrogen-bond donors (Lipinski definition) is 1. The van der Waals surface area contributed by atoms with Crippen molar-refractivity contribution in [1.82, 2.24) is 10.2 Å². The number of benzene rings is 2. The molecule has 1 atom stereocenters. The largest absolute Gasteiger partial charge is 0.495 e.